The van der Waals surface area contributed by atoms with Crippen LogP contribution in [0.15, 0.2) is 89.8 Å². The second-order valence-electron chi connectivity index (χ2n) is 7.75. The number of carbonyl (C=O) groups excluding carboxylic acids is 1. The van der Waals surface area contributed by atoms with Crippen LogP contribution in [-0.2, 0) is 27.7 Å². The van der Waals surface area contributed by atoms with Crippen LogP contribution in [-0.4, -0.2) is 26.4 Å². The van der Waals surface area contributed by atoms with Gasteiger partial charge in [0, 0.05) is 6.04 Å². The highest BCUT2D eigenvalue weighted by Crippen LogP contribution is 2.13. The van der Waals surface area contributed by atoms with Gasteiger partial charge < -0.3 is 5.32 Å². The number of hydrogen-bond donors (Lipinski definition) is 2. The average Bonchev–Trinajstić information content (AvgIpc) is 2.79. The molecule has 0 saturated carbocycles. The van der Waals surface area contributed by atoms with Crippen molar-refractivity contribution >= 4 is 15.9 Å². The molecule has 168 valence electrons. The monoisotopic (exact) mass is 454 g/mol. The first-order valence-electron chi connectivity index (χ1n) is 10.5. The Morgan fingerprint density at radius 2 is 1.44 bits per heavy atom. The zero-order chi connectivity index (χ0) is 23.0. The molecule has 0 heterocycles. The van der Waals surface area contributed by atoms with Crippen LogP contribution in [0.2, 0.25) is 0 Å². The van der Waals surface area contributed by atoms with Crippen LogP contribution < -0.4 is 10.0 Å². The van der Waals surface area contributed by atoms with E-state index in [-0.39, 0.29) is 17.4 Å². The number of benzene rings is 3. The van der Waals surface area contributed by atoms with Crippen LogP contribution in [0.3, 0.4) is 0 Å². The van der Waals surface area contributed by atoms with Crippen molar-refractivity contribution in [1.29, 1.82) is 0 Å². The van der Waals surface area contributed by atoms with Gasteiger partial charge in [-0.2, -0.15) is 4.72 Å². The van der Waals surface area contributed by atoms with E-state index in [1.54, 1.807) is 0 Å². The van der Waals surface area contributed by atoms with Gasteiger partial charge in [0.15, 0.2) is 0 Å². The number of amides is 1. The summed E-state index contributed by atoms with van der Waals surface area (Å²) in [6.07, 6.45) is 1.71. The Morgan fingerprint density at radius 1 is 0.875 bits per heavy atom. The molecule has 0 aliphatic heterocycles. The molecule has 7 heteroatoms. The van der Waals surface area contributed by atoms with Crippen molar-refractivity contribution in [3.05, 3.63) is 102 Å². The molecule has 0 saturated heterocycles. The van der Waals surface area contributed by atoms with Crippen LogP contribution >= 0.6 is 0 Å². The lowest BCUT2D eigenvalue weighted by Gasteiger charge is -2.22. The van der Waals surface area contributed by atoms with Gasteiger partial charge in [0.1, 0.15) is 11.9 Å². The van der Waals surface area contributed by atoms with E-state index in [0.717, 1.165) is 30.5 Å². The minimum absolute atomic E-state index is 0.0955. The number of halogens is 1. The average molecular weight is 455 g/mol. The van der Waals surface area contributed by atoms with Gasteiger partial charge >= 0.3 is 0 Å². The molecule has 5 nitrogen and oxygen atoms in total. The van der Waals surface area contributed by atoms with Gasteiger partial charge in [-0.25, -0.2) is 12.8 Å². The Kier molecular flexibility index (Phi) is 8.14. The van der Waals surface area contributed by atoms with E-state index < -0.39 is 27.8 Å². The number of hydrogen-bond acceptors (Lipinski definition) is 3. The molecule has 0 aliphatic rings. The van der Waals surface area contributed by atoms with E-state index in [1.807, 2.05) is 67.6 Å². The van der Waals surface area contributed by atoms with Crippen molar-refractivity contribution in [3.63, 3.8) is 0 Å². The van der Waals surface area contributed by atoms with E-state index in [2.05, 4.69) is 10.0 Å². The highest BCUT2D eigenvalue weighted by molar-refractivity contribution is 7.89. The van der Waals surface area contributed by atoms with Crippen molar-refractivity contribution in [1.82, 2.24) is 10.0 Å². The fourth-order valence-corrected chi connectivity index (χ4v) is 4.55. The number of aryl methyl sites for hydroxylation is 1. The molecule has 32 heavy (non-hydrogen) atoms. The summed E-state index contributed by atoms with van der Waals surface area (Å²) in [4.78, 5) is 12.9. The van der Waals surface area contributed by atoms with E-state index in [0.29, 0.717) is 0 Å². The molecule has 0 spiro atoms. The smallest absolute Gasteiger partial charge is 0.241 e. The molecular formula is C25H27FN2O3S. The first-order valence-corrected chi connectivity index (χ1v) is 12.0. The van der Waals surface area contributed by atoms with E-state index >= 15 is 0 Å². The van der Waals surface area contributed by atoms with Crippen LogP contribution in [0.4, 0.5) is 4.39 Å². The quantitative estimate of drug-likeness (QED) is 0.489. The van der Waals surface area contributed by atoms with Crippen molar-refractivity contribution in [2.24, 2.45) is 0 Å². The molecule has 2 N–H and O–H groups in total. The Labute approximate surface area is 188 Å². The number of carbonyl (C=O) groups is 1. The van der Waals surface area contributed by atoms with Crippen molar-refractivity contribution in [2.45, 2.75) is 43.2 Å². The summed E-state index contributed by atoms with van der Waals surface area (Å²) in [5.74, 6) is -0.935. The summed E-state index contributed by atoms with van der Waals surface area (Å²) >= 11 is 0. The van der Waals surface area contributed by atoms with Gasteiger partial charge in [0.25, 0.3) is 0 Å². The molecule has 1 amide bonds. The summed E-state index contributed by atoms with van der Waals surface area (Å²) in [5.41, 5.74) is 2.00. The molecule has 2 atom stereocenters. The maximum Gasteiger partial charge on any atom is 0.241 e. The Morgan fingerprint density at radius 3 is 2.03 bits per heavy atom. The minimum atomic E-state index is -4.01. The van der Waals surface area contributed by atoms with E-state index in [1.165, 1.54) is 17.7 Å². The normalized spacial score (nSPS) is 13.3. The summed E-state index contributed by atoms with van der Waals surface area (Å²) in [7, 11) is -4.01. The standard InChI is InChI=1S/C25H27FN2O3S/c1-19(12-13-20-8-4-2-5-9-20)27-25(29)24(18-21-10-6-3-7-11-21)28-32(30,31)23-16-14-22(26)15-17-23/h2-11,14-17,19,24,28H,12-13,18H2,1H3,(H,27,29). The lowest BCUT2D eigenvalue weighted by molar-refractivity contribution is -0.123. The third kappa shape index (κ3) is 7.00. The fraction of sp³-hybridized carbons (Fsp3) is 0.240. The predicted octanol–water partition coefficient (Wildman–Crippen LogP) is 3.85. The minimum Gasteiger partial charge on any atom is -0.352 e. The van der Waals surface area contributed by atoms with Gasteiger partial charge in [-0.05, 0) is 61.6 Å². The van der Waals surface area contributed by atoms with E-state index in [4.69, 9.17) is 0 Å². The Bertz CT molecular complexity index is 1100. The summed E-state index contributed by atoms with van der Waals surface area (Å²) in [5, 5.41) is 2.93. The number of rotatable bonds is 10. The van der Waals surface area contributed by atoms with Crippen molar-refractivity contribution in [2.75, 3.05) is 0 Å². The van der Waals surface area contributed by atoms with Crippen LogP contribution in [0.1, 0.15) is 24.5 Å². The molecule has 0 aliphatic carbocycles. The predicted molar refractivity (Wildman–Crippen MR) is 123 cm³/mol. The second kappa shape index (κ2) is 11.0. The highest BCUT2D eigenvalue weighted by Gasteiger charge is 2.27. The fourth-order valence-electron chi connectivity index (χ4n) is 3.35. The second-order valence-corrected chi connectivity index (χ2v) is 9.47. The first-order chi connectivity index (χ1) is 15.3. The zero-order valence-electron chi connectivity index (χ0n) is 17.9. The Hall–Kier alpha value is -3.03. The molecule has 2 unspecified atom stereocenters. The third-order valence-corrected chi connectivity index (χ3v) is 6.61. The molecule has 3 aromatic carbocycles. The first kappa shape index (κ1) is 23.6. The number of sulfonamides is 1. The van der Waals surface area contributed by atoms with Crippen molar-refractivity contribution in [3.8, 4) is 0 Å². The van der Waals surface area contributed by atoms with Crippen LogP contribution in [0.25, 0.3) is 0 Å². The Balaban J connectivity index is 1.71. The molecule has 0 fully saturated rings. The van der Waals surface area contributed by atoms with Gasteiger partial charge in [0.05, 0.1) is 4.90 Å². The lowest BCUT2D eigenvalue weighted by atomic mass is 10.0. The molecule has 0 bridgehead atoms. The summed E-state index contributed by atoms with van der Waals surface area (Å²) < 4.78 is 41.4. The van der Waals surface area contributed by atoms with Gasteiger partial charge in [-0.1, -0.05) is 60.7 Å². The summed E-state index contributed by atoms with van der Waals surface area (Å²) in [6, 6.07) is 22.5. The molecule has 0 radical (unpaired) electrons. The van der Waals surface area contributed by atoms with Gasteiger partial charge in [-0.3, -0.25) is 4.79 Å². The number of nitrogens with one attached hydrogen (secondary N) is 2. The van der Waals surface area contributed by atoms with Gasteiger partial charge in [0.2, 0.25) is 15.9 Å². The molecule has 3 aromatic rings. The summed E-state index contributed by atoms with van der Waals surface area (Å²) in [6.45, 7) is 1.90. The highest BCUT2D eigenvalue weighted by atomic mass is 32.2. The van der Waals surface area contributed by atoms with Crippen LogP contribution in [0, 0.1) is 5.82 Å². The topological polar surface area (TPSA) is 75.3 Å². The molecular weight excluding hydrogens is 427 g/mol. The van der Waals surface area contributed by atoms with Crippen molar-refractivity contribution < 1.29 is 17.6 Å². The van der Waals surface area contributed by atoms with Crippen LogP contribution in [0.5, 0.6) is 0 Å². The lowest BCUT2D eigenvalue weighted by Crippen LogP contribution is -2.50. The molecule has 0 aromatic heterocycles. The molecule has 3 rings (SSSR count). The largest absolute Gasteiger partial charge is 0.352 e. The van der Waals surface area contributed by atoms with E-state index in [9.17, 15) is 17.6 Å². The zero-order valence-corrected chi connectivity index (χ0v) is 18.7. The maximum atomic E-state index is 13.2. The maximum absolute atomic E-state index is 13.2. The third-order valence-electron chi connectivity index (χ3n) is 5.12. The van der Waals surface area contributed by atoms with Gasteiger partial charge in [-0.15, -0.1) is 0 Å². The SMILES string of the molecule is CC(CCc1ccccc1)NC(=O)C(Cc1ccccc1)NS(=O)(=O)c1ccc(F)cc1.